The minimum absolute atomic E-state index is 0. The number of halogens is 2. The lowest BCUT2D eigenvalue weighted by Gasteiger charge is -2.35. The molecule has 0 amide bonds. The van der Waals surface area contributed by atoms with Crippen LogP contribution in [0.15, 0.2) is 17.9 Å². The molecule has 0 saturated carbocycles. The Balaban J connectivity index is 0.00000104. The van der Waals surface area contributed by atoms with Crippen molar-refractivity contribution in [3.05, 3.63) is 22.8 Å². The highest BCUT2D eigenvalue weighted by Crippen LogP contribution is 2.31. The normalized spacial score (nSPS) is 14.4. The zero-order valence-corrected chi connectivity index (χ0v) is 16.3. The third-order valence-corrected chi connectivity index (χ3v) is 5.84. The second kappa shape index (κ2) is 8.24. The number of aromatic nitrogens is 4. The van der Waals surface area contributed by atoms with Gasteiger partial charge in [0.15, 0.2) is 0 Å². The van der Waals surface area contributed by atoms with Gasteiger partial charge in [-0.1, -0.05) is 18.3 Å². The Morgan fingerprint density at radius 2 is 1.83 bits per heavy atom. The second-order valence-corrected chi connectivity index (χ2v) is 7.10. The summed E-state index contributed by atoms with van der Waals surface area (Å²) in [5.41, 5.74) is 1.79. The van der Waals surface area contributed by atoms with Gasteiger partial charge in [0.05, 0.1) is 5.39 Å². The zero-order valence-electron chi connectivity index (χ0n) is 13.1. The molecule has 10 heteroatoms. The Bertz CT molecular complexity index is 771. The summed E-state index contributed by atoms with van der Waals surface area (Å²) in [6, 6.07) is 2.24. The molecule has 4 rings (SSSR count). The highest BCUT2D eigenvalue weighted by molar-refractivity contribution is 7.18. The van der Waals surface area contributed by atoms with E-state index in [1.165, 1.54) is 10.3 Å². The van der Waals surface area contributed by atoms with Gasteiger partial charge in [0.1, 0.15) is 22.5 Å². The van der Waals surface area contributed by atoms with Crippen LogP contribution < -0.4 is 9.80 Å². The summed E-state index contributed by atoms with van der Waals surface area (Å²) in [7, 11) is 0. The molecule has 1 aliphatic rings. The van der Waals surface area contributed by atoms with Crippen LogP contribution in [0.25, 0.3) is 10.2 Å². The van der Waals surface area contributed by atoms with Gasteiger partial charge in [-0.2, -0.15) is 0 Å². The third kappa shape index (κ3) is 3.56. The van der Waals surface area contributed by atoms with Gasteiger partial charge in [0.2, 0.25) is 5.13 Å². The molecule has 3 aromatic rings. The molecule has 0 spiro atoms. The maximum Gasteiger partial charge on any atom is 0.208 e. The van der Waals surface area contributed by atoms with E-state index in [0.29, 0.717) is 0 Å². The Morgan fingerprint density at radius 1 is 1.08 bits per heavy atom. The lowest BCUT2D eigenvalue weighted by molar-refractivity contribution is 0.645. The van der Waals surface area contributed by atoms with Crippen LogP contribution in [0.1, 0.15) is 11.8 Å². The summed E-state index contributed by atoms with van der Waals surface area (Å²) in [5.74, 6) is 1.07. The van der Waals surface area contributed by atoms with Gasteiger partial charge in [-0.3, -0.25) is 0 Å². The number of aryl methyl sites for hydroxylation is 1. The molecule has 130 valence electrons. The largest absolute Gasteiger partial charge is 0.352 e. The summed E-state index contributed by atoms with van der Waals surface area (Å²) in [6.45, 7) is 5.97. The van der Waals surface area contributed by atoms with Crippen molar-refractivity contribution in [1.29, 1.82) is 0 Å². The summed E-state index contributed by atoms with van der Waals surface area (Å²) in [4.78, 5) is 16.1. The van der Waals surface area contributed by atoms with Crippen LogP contribution in [0.3, 0.4) is 0 Å². The van der Waals surface area contributed by atoms with Crippen molar-refractivity contribution in [1.82, 2.24) is 20.2 Å². The van der Waals surface area contributed by atoms with Crippen molar-refractivity contribution in [3.8, 4) is 0 Å². The molecule has 6 nitrogen and oxygen atoms in total. The van der Waals surface area contributed by atoms with Crippen molar-refractivity contribution in [3.63, 3.8) is 0 Å². The average molecular weight is 405 g/mol. The fourth-order valence-electron chi connectivity index (χ4n) is 2.73. The van der Waals surface area contributed by atoms with E-state index < -0.39 is 0 Å². The van der Waals surface area contributed by atoms with E-state index in [1.807, 2.05) is 0 Å². The van der Waals surface area contributed by atoms with Crippen LogP contribution >= 0.6 is 47.5 Å². The summed E-state index contributed by atoms with van der Waals surface area (Å²) >= 11 is 3.37. The fourth-order valence-corrected chi connectivity index (χ4v) is 4.28. The van der Waals surface area contributed by atoms with Gasteiger partial charge in [0, 0.05) is 31.1 Å². The van der Waals surface area contributed by atoms with E-state index in [0.717, 1.165) is 48.4 Å². The molecule has 0 N–H and O–H groups in total. The van der Waals surface area contributed by atoms with E-state index in [9.17, 15) is 0 Å². The number of thiophene rings is 1. The Kier molecular flexibility index (Phi) is 6.56. The van der Waals surface area contributed by atoms with E-state index in [4.69, 9.17) is 0 Å². The molecule has 0 radical (unpaired) electrons. The van der Waals surface area contributed by atoms with Crippen molar-refractivity contribution in [2.24, 2.45) is 0 Å². The number of rotatable bonds is 3. The first-order chi connectivity index (χ1) is 10.8. The van der Waals surface area contributed by atoms with Crippen molar-refractivity contribution in [2.45, 2.75) is 13.3 Å². The van der Waals surface area contributed by atoms with Gasteiger partial charge in [-0.25, -0.2) is 9.97 Å². The topological polar surface area (TPSA) is 58.0 Å². The number of piperazine rings is 1. The molecular formula is C14H18Cl2N6S2. The van der Waals surface area contributed by atoms with Gasteiger partial charge in [-0.15, -0.1) is 46.3 Å². The average Bonchev–Trinajstić information content (AvgIpc) is 3.23. The monoisotopic (exact) mass is 404 g/mol. The fraction of sp³-hybridized carbons (Fsp3) is 0.429. The summed E-state index contributed by atoms with van der Waals surface area (Å²) < 4.78 is 0. The Labute approximate surface area is 160 Å². The highest BCUT2D eigenvalue weighted by Gasteiger charge is 2.22. The molecule has 0 aromatic carbocycles. The van der Waals surface area contributed by atoms with Crippen LogP contribution in [-0.2, 0) is 6.42 Å². The van der Waals surface area contributed by atoms with E-state index in [-0.39, 0.29) is 24.8 Å². The van der Waals surface area contributed by atoms with Crippen molar-refractivity contribution in [2.75, 3.05) is 36.0 Å². The molecule has 0 bridgehead atoms. The maximum atomic E-state index is 4.54. The number of fused-ring (bicyclic) bond motifs is 1. The Morgan fingerprint density at radius 3 is 2.50 bits per heavy atom. The van der Waals surface area contributed by atoms with Crippen molar-refractivity contribution < 1.29 is 0 Å². The van der Waals surface area contributed by atoms with Crippen LogP contribution in [0.5, 0.6) is 0 Å². The predicted octanol–water partition coefficient (Wildman–Crippen LogP) is 3.28. The maximum absolute atomic E-state index is 4.54. The lowest BCUT2D eigenvalue weighted by Crippen LogP contribution is -2.46. The van der Waals surface area contributed by atoms with Crippen LogP contribution in [-0.4, -0.2) is 46.3 Å². The molecule has 4 heterocycles. The third-order valence-electron chi connectivity index (χ3n) is 3.91. The molecule has 1 fully saturated rings. The number of hydrogen-bond acceptors (Lipinski definition) is 8. The van der Waals surface area contributed by atoms with E-state index >= 15 is 0 Å². The molecule has 1 saturated heterocycles. The standard InChI is InChI=1S/C14H16N6S2.2ClH/c1-2-10-7-11-12(15-8-16-13(11)22-10)19-3-5-20(6-4-19)14-18-17-9-21-14;;/h7-9H,2-6H2,1H3;2*1H. The van der Waals surface area contributed by atoms with E-state index in [1.54, 1.807) is 34.5 Å². The van der Waals surface area contributed by atoms with Gasteiger partial charge < -0.3 is 9.80 Å². The highest BCUT2D eigenvalue weighted by atomic mass is 35.5. The molecular weight excluding hydrogens is 387 g/mol. The van der Waals surface area contributed by atoms with Crippen LogP contribution in [0.2, 0.25) is 0 Å². The van der Waals surface area contributed by atoms with Gasteiger partial charge in [-0.05, 0) is 12.5 Å². The summed E-state index contributed by atoms with van der Waals surface area (Å²) in [6.07, 6.45) is 2.73. The second-order valence-electron chi connectivity index (χ2n) is 5.18. The van der Waals surface area contributed by atoms with Crippen LogP contribution in [0, 0.1) is 0 Å². The van der Waals surface area contributed by atoms with Crippen molar-refractivity contribution >= 4 is 68.7 Å². The zero-order chi connectivity index (χ0) is 14.9. The summed E-state index contributed by atoms with van der Waals surface area (Å²) in [5, 5.41) is 10.3. The molecule has 1 aliphatic heterocycles. The van der Waals surface area contributed by atoms with E-state index in [2.05, 4.69) is 43.0 Å². The number of hydrogen-bond donors (Lipinski definition) is 0. The number of anilines is 2. The van der Waals surface area contributed by atoms with Gasteiger partial charge in [0.25, 0.3) is 0 Å². The predicted molar refractivity (Wildman–Crippen MR) is 106 cm³/mol. The SMILES string of the molecule is CCc1cc2c(N3CCN(c4nncs4)CC3)ncnc2s1.Cl.Cl. The smallest absolute Gasteiger partial charge is 0.208 e. The Hall–Kier alpha value is -1.22. The molecule has 0 atom stereocenters. The van der Waals surface area contributed by atoms with Crippen LogP contribution in [0.4, 0.5) is 10.9 Å². The first-order valence-corrected chi connectivity index (χ1v) is 9.04. The number of nitrogens with zero attached hydrogens (tertiary/aromatic N) is 6. The first-order valence-electron chi connectivity index (χ1n) is 7.34. The minimum atomic E-state index is 0. The first kappa shape index (κ1) is 19.1. The molecule has 0 unspecified atom stereocenters. The minimum Gasteiger partial charge on any atom is -0.352 e. The molecule has 24 heavy (non-hydrogen) atoms. The molecule has 3 aromatic heterocycles. The molecule has 0 aliphatic carbocycles. The quantitative estimate of drug-likeness (QED) is 0.667. The van der Waals surface area contributed by atoms with Gasteiger partial charge >= 0.3 is 0 Å². The lowest BCUT2D eigenvalue weighted by atomic mass is 10.2.